The SMILES string of the molecule is C/C=C/c1ccc(OCC(=O)Nc2cc(Br)ccc2OC)c(OC)c1. The van der Waals surface area contributed by atoms with E-state index in [1.165, 1.54) is 0 Å². The van der Waals surface area contributed by atoms with Gasteiger partial charge in [0.15, 0.2) is 18.1 Å². The zero-order valence-corrected chi connectivity index (χ0v) is 15.9. The second-order valence-electron chi connectivity index (χ2n) is 5.09. The minimum absolute atomic E-state index is 0.144. The van der Waals surface area contributed by atoms with Crippen molar-refractivity contribution in [2.24, 2.45) is 0 Å². The molecular formula is C19H20BrNO4. The number of anilines is 1. The molecule has 0 aliphatic carbocycles. The summed E-state index contributed by atoms with van der Waals surface area (Å²) in [6.45, 7) is 1.80. The Morgan fingerprint density at radius 2 is 1.80 bits per heavy atom. The lowest BCUT2D eigenvalue weighted by Gasteiger charge is -2.13. The molecule has 0 heterocycles. The van der Waals surface area contributed by atoms with Crippen molar-refractivity contribution >= 4 is 33.6 Å². The number of methoxy groups -OCH3 is 2. The van der Waals surface area contributed by atoms with Crippen LogP contribution in [0, 0.1) is 0 Å². The second kappa shape index (κ2) is 9.13. The van der Waals surface area contributed by atoms with Crippen molar-refractivity contribution in [2.75, 3.05) is 26.1 Å². The quantitative estimate of drug-likeness (QED) is 0.735. The van der Waals surface area contributed by atoms with E-state index in [-0.39, 0.29) is 12.5 Å². The number of carbonyl (C=O) groups is 1. The van der Waals surface area contributed by atoms with Crippen LogP contribution in [0.4, 0.5) is 5.69 Å². The maximum Gasteiger partial charge on any atom is 0.262 e. The van der Waals surface area contributed by atoms with Gasteiger partial charge in [-0.1, -0.05) is 34.1 Å². The first-order valence-electron chi connectivity index (χ1n) is 7.64. The molecule has 25 heavy (non-hydrogen) atoms. The number of nitrogens with one attached hydrogen (secondary N) is 1. The fourth-order valence-electron chi connectivity index (χ4n) is 2.21. The molecule has 132 valence electrons. The van der Waals surface area contributed by atoms with Crippen molar-refractivity contribution < 1.29 is 19.0 Å². The molecule has 0 aliphatic rings. The van der Waals surface area contributed by atoms with Crippen LogP contribution in [-0.4, -0.2) is 26.7 Å². The van der Waals surface area contributed by atoms with Gasteiger partial charge in [-0.05, 0) is 42.8 Å². The van der Waals surface area contributed by atoms with E-state index in [2.05, 4.69) is 21.2 Å². The zero-order valence-electron chi connectivity index (χ0n) is 14.3. The van der Waals surface area contributed by atoms with E-state index in [0.29, 0.717) is 22.9 Å². The third-order valence-electron chi connectivity index (χ3n) is 3.34. The largest absolute Gasteiger partial charge is 0.495 e. The van der Waals surface area contributed by atoms with E-state index < -0.39 is 0 Å². The summed E-state index contributed by atoms with van der Waals surface area (Å²) in [5, 5.41) is 2.77. The molecule has 0 fully saturated rings. The Balaban J connectivity index is 2.04. The van der Waals surface area contributed by atoms with Gasteiger partial charge < -0.3 is 19.5 Å². The van der Waals surface area contributed by atoms with Crippen LogP contribution >= 0.6 is 15.9 Å². The minimum Gasteiger partial charge on any atom is -0.495 e. The average Bonchev–Trinajstić information content (AvgIpc) is 2.61. The lowest BCUT2D eigenvalue weighted by molar-refractivity contribution is -0.118. The summed E-state index contributed by atoms with van der Waals surface area (Å²) >= 11 is 3.37. The van der Waals surface area contributed by atoms with E-state index >= 15 is 0 Å². The van der Waals surface area contributed by atoms with Gasteiger partial charge in [-0.15, -0.1) is 0 Å². The van der Waals surface area contributed by atoms with Crippen molar-refractivity contribution in [1.29, 1.82) is 0 Å². The van der Waals surface area contributed by atoms with Crippen molar-refractivity contribution in [2.45, 2.75) is 6.92 Å². The normalized spacial score (nSPS) is 10.6. The van der Waals surface area contributed by atoms with Crippen LogP contribution in [0.1, 0.15) is 12.5 Å². The molecule has 1 amide bonds. The van der Waals surface area contributed by atoms with Crippen LogP contribution in [0.25, 0.3) is 6.08 Å². The molecule has 0 aromatic heterocycles. The monoisotopic (exact) mass is 405 g/mol. The highest BCUT2D eigenvalue weighted by molar-refractivity contribution is 9.10. The van der Waals surface area contributed by atoms with Gasteiger partial charge in [-0.25, -0.2) is 0 Å². The van der Waals surface area contributed by atoms with Gasteiger partial charge in [0.25, 0.3) is 5.91 Å². The van der Waals surface area contributed by atoms with Gasteiger partial charge >= 0.3 is 0 Å². The first-order chi connectivity index (χ1) is 12.1. The molecule has 1 N–H and O–H groups in total. The molecule has 0 atom stereocenters. The number of hydrogen-bond acceptors (Lipinski definition) is 4. The summed E-state index contributed by atoms with van der Waals surface area (Å²) in [7, 11) is 3.11. The van der Waals surface area contributed by atoms with Gasteiger partial charge in [-0.3, -0.25) is 4.79 Å². The van der Waals surface area contributed by atoms with Crippen molar-refractivity contribution in [3.63, 3.8) is 0 Å². The standard InChI is InChI=1S/C19H20BrNO4/c1-4-5-13-6-8-17(18(10-13)24-3)25-12-19(22)21-15-11-14(20)7-9-16(15)23-2/h4-11H,12H2,1-3H3,(H,21,22)/b5-4+. The number of hydrogen-bond donors (Lipinski definition) is 1. The van der Waals surface area contributed by atoms with E-state index in [4.69, 9.17) is 14.2 Å². The Morgan fingerprint density at radius 3 is 2.48 bits per heavy atom. The first kappa shape index (κ1) is 18.9. The molecule has 5 nitrogen and oxygen atoms in total. The summed E-state index contributed by atoms with van der Waals surface area (Å²) in [5.41, 5.74) is 1.57. The van der Waals surface area contributed by atoms with Crippen LogP contribution in [0.2, 0.25) is 0 Å². The van der Waals surface area contributed by atoms with Crippen LogP contribution in [-0.2, 0) is 4.79 Å². The van der Waals surface area contributed by atoms with Crippen LogP contribution in [0.15, 0.2) is 46.9 Å². The van der Waals surface area contributed by atoms with Gasteiger partial charge in [0.2, 0.25) is 0 Å². The smallest absolute Gasteiger partial charge is 0.262 e. The van der Waals surface area contributed by atoms with Crippen LogP contribution in [0.5, 0.6) is 17.2 Å². The summed E-state index contributed by atoms with van der Waals surface area (Å²) in [6, 6.07) is 10.9. The number of halogens is 1. The van der Waals surface area contributed by atoms with Crippen molar-refractivity contribution in [1.82, 2.24) is 0 Å². The molecule has 0 saturated carbocycles. The van der Waals surface area contributed by atoms with Crippen LogP contribution in [0.3, 0.4) is 0 Å². The van der Waals surface area contributed by atoms with E-state index in [1.54, 1.807) is 32.4 Å². The molecule has 2 rings (SSSR count). The molecule has 0 spiro atoms. The van der Waals surface area contributed by atoms with Gasteiger partial charge in [0.1, 0.15) is 5.75 Å². The molecule has 0 unspecified atom stereocenters. The molecule has 2 aromatic rings. The van der Waals surface area contributed by atoms with Gasteiger partial charge in [-0.2, -0.15) is 0 Å². The minimum atomic E-state index is -0.295. The number of ether oxygens (including phenoxy) is 3. The van der Waals surface area contributed by atoms with Gasteiger partial charge in [0, 0.05) is 4.47 Å². The van der Waals surface area contributed by atoms with Crippen molar-refractivity contribution in [3.8, 4) is 17.2 Å². The molecule has 0 saturated heterocycles. The highest BCUT2D eigenvalue weighted by Crippen LogP contribution is 2.30. The zero-order chi connectivity index (χ0) is 18.2. The van der Waals surface area contributed by atoms with Crippen LogP contribution < -0.4 is 19.5 Å². The Labute approximate surface area is 155 Å². The number of allylic oxidation sites excluding steroid dienone is 1. The topological polar surface area (TPSA) is 56.8 Å². The lowest BCUT2D eigenvalue weighted by Crippen LogP contribution is -2.20. The summed E-state index contributed by atoms with van der Waals surface area (Å²) in [5.74, 6) is 1.36. The van der Waals surface area contributed by atoms with E-state index in [1.807, 2.05) is 37.3 Å². The average molecular weight is 406 g/mol. The lowest BCUT2D eigenvalue weighted by atomic mass is 10.2. The van der Waals surface area contributed by atoms with E-state index in [0.717, 1.165) is 10.0 Å². The van der Waals surface area contributed by atoms with E-state index in [9.17, 15) is 4.79 Å². The maximum absolute atomic E-state index is 12.2. The second-order valence-corrected chi connectivity index (χ2v) is 6.01. The fourth-order valence-corrected chi connectivity index (χ4v) is 2.57. The number of rotatable bonds is 7. The summed E-state index contributed by atoms with van der Waals surface area (Å²) < 4.78 is 17.0. The number of amides is 1. The summed E-state index contributed by atoms with van der Waals surface area (Å²) in [4.78, 5) is 12.2. The molecule has 0 aliphatic heterocycles. The third-order valence-corrected chi connectivity index (χ3v) is 3.83. The Kier molecular flexibility index (Phi) is 6.89. The maximum atomic E-state index is 12.2. The Morgan fingerprint density at radius 1 is 1.08 bits per heavy atom. The van der Waals surface area contributed by atoms with Gasteiger partial charge in [0.05, 0.1) is 19.9 Å². The summed E-state index contributed by atoms with van der Waals surface area (Å²) in [6.07, 6.45) is 3.90. The highest BCUT2D eigenvalue weighted by atomic mass is 79.9. The number of benzene rings is 2. The number of carbonyl (C=O) groups excluding carboxylic acids is 1. The molecule has 0 bridgehead atoms. The predicted molar refractivity (Wildman–Crippen MR) is 103 cm³/mol. The molecular weight excluding hydrogens is 386 g/mol. The fraction of sp³-hybridized carbons (Fsp3) is 0.211. The molecule has 6 heteroatoms. The molecule has 2 aromatic carbocycles. The first-order valence-corrected chi connectivity index (χ1v) is 8.43. The highest BCUT2D eigenvalue weighted by Gasteiger charge is 2.11. The van der Waals surface area contributed by atoms with Crippen molar-refractivity contribution in [3.05, 3.63) is 52.5 Å². The predicted octanol–water partition coefficient (Wildman–Crippen LogP) is 4.52. The third kappa shape index (κ3) is 5.26. The Bertz CT molecular complexity index is 774. The molecule has 0 radical (unpaired) electrons. The Hall–Kier alpha value is -2.47.